The van der Waals surface area contributed by atoms with Crippen LogP contribution in [0.15, 0.2) is 12.5 Å². The Labute approximate surface area is 97.0 Å². The molecular weight excluding hydrogens is 224 g/mol. The molecule has 0 bridgehead atoms. The van der Waals surface area contributed by atoms with E-state index in [1.165, 1.54) is 6.33 Å². The first kappa shape index (κ1) is 11.3. The molecule has 2 amide bonds. The van der Waals surface area contributed by atoms with Crippen LogP contribution in [0.1, 0.15) is 12.1 Å². The summed E-state index contributed by atoms with van der Waals surface area (Å²) in [6.07, 6.45) is 4.30. The third-order valence-corrected chi connectivity index (χ3v) is 2.53. The lowest BCUT2D eigenvalue weighted by Crippen LogP contribution is -2.58. The first-order chi connectivity index (χ1) is 8.19. The molecule has 0 aliphatic carbocycles. The number of carbonyl (C=O) groups is 3. The molecule has 1 aromatic rings. The normalized spacial score (nSPS) is 20.0. The highest BCUT2D eigenvalue weighted by atomic mass is 16.2. The van der Waals surface area contributed by atoms with Crippen LogP contribution < -0.4 is 10.6 Å². The minimum atomic E-state index is -0.611. The zero-order valence-electron chi connectivity index (χ0n) is 8.97. The maximum absolute atomic E-state index is 11.6. The summed E-state index contributed by atoms with van der Waals surface area (Å²) in [5.74, 6) is -0.484. The predicted molar refractivity (Wildman–Crippen MR) is 56.8 cm³/mol. The first-order valence-electron chi connectivity index (χ1n) is 5.21. The van der Waals surface area contributed by atoms with E-state index >= 15 is 0 Å². The number of aromatic nitrogens is 2. The van der Waals surface area contributed by atoms with Crippen molar-refractivity contribution in [3.63, 3.8) is 0 Å². The summed E-state index contributed by atoms with van der Waals surface area (Å²) in [5, 5.41) is 5.00. The first-order valence-corrected chi connectivity index (χ1v) is 5.21. The second kappa shape index (κ2) is 4.77. The zero-order chi connectivity index (χ0) is 12.3. The average Bonchev–Trinajstić information content (AvgIpc) is 2.76. The largest absolute Gasteiger partial charge is 0.348 e. The maximum atomic E-state index is 11.6. The van der Waals surface area contributed by atoms with E-state index in [9.17, 15) is 14.4 Å². The van der Waals surface area contributed by atoms with Crippen molar-refractivity contribution in [2.75, 3.05) is 0 Å². The molecule has 1 saturated heterocycles. The molecule has 2 rings (SSSR count). The fourth-order valence-corrected chi connectivity index (χ4v) is 1.57. The standard InChI is InChI=1S/C10H12N4O3/c15-4-7(1-6-3-11-5-12-6)13-10(17)8-2-9(16)14-8/h3-5,7-8H,1-2H2,(H,11,12)(H,13,17)(H,14,16)/t7-,8-/m0/s1. The fourth-order valence-electron chi connectivity index (χ4n) is 1.57. The van der Waals surface area contributed by atoms with Gasteiger partial charge in [-0.2, -0.15) is 0 Å². The van der Waals surface area contributed by atoms with Gasteiger partial charge in [-0.15, -0.1) is 0 Å². The molecular formula is C10H12N4O3. The Morgan fingerprint density at radius 2 is 2.47 bits per heavy atom. The van der Waals surface area contributed by atoms with E-state index in [4.69, 9.17) is 0 Å². The van der Waals surface area contributed by atoms with Crippen LogP contribution in [0.25, 0.3) is 0 Å². The van der Waals surface area contributed by atoms with E-state index in [-0.39, 0.29) is 18.2 Å². The average molecular weight is 236 g/mol. The SMILES string of the molecule is O=C[C@H](Cc1cnc[nH]1)NC(=O)[C@@H]1CC(=O)N1. The van der Waals surface area contributed by atoms with Crippen LogP contribution in [-0.4, -0.2) is 40.2 Å². The quantitative estimate of drug-likeness (QED) is 0.428. The van der Waals surface area contributed by atoms with Gasteiger partial charge in [0.2, 0.25) is 11.8 Å². The van der Waals surface area contributed by atoms with Gasteiger partial charge in [0.15, 0.2) is 0 Å². The van der Waals surface area contributed by atoms with Crippen LogP contribution in [0.5, 0.6) is 0 Å². The van der Waals surface area contributed by atoms with Gasteiger partial charge in [0.1, 0.15) is 12.3 Å². The molecule has 1 aromatic heterocycles. The summed E-state index contributed by atoms with van der Waals surface area (Å²) >= 11 is 0. The highest BCUT2D eigenvalue weighted by molar-refractivity contribution is 5.97. The van der Waals surface area contributed by atoms with Gasteiger partial charge in [-0.25, -0.2) is 4.98 Å². The molecule has 2 heterocycles. The highest BCUT2D eigenvalue weighted by Gasteiger charge is 2.32. The van der Waals surface area contributed by atoms with Gasteiger partial charge in [0.25, 0.3) is 0 Å². The Balaban J connectivity index is 1.85. The summed E-state index contributed by atoms with van der Waals surface area (Å²) in [6.45, 7) is 0. The van der Waals surface area contributed by atoms with Crippen molar-refractivity contribution in [2.45, 2.75) is 24.9 Å². The van der Waals surface area contributed by atoms with Gasteiger partial charge >= 0.3 is 0 Å². The minimum absolute atomic E-state index is 0.152. The maximum Gasteiger partial charge on any atom is 0.243 e. The molecule has 1 aliphatic heterocycles. The van der Waals surface area contributed by atoms with Crippen molar-refractivity contribution in [3.05, 3.63) is 18.2 Å². The molecule has 0 unspecified atom stereocenters. The Bertz CT molecular complexity index is 421. The van der Waals surface area contributed by atoms with Gasteiger partial charge in [0.05, 0.1) is 18.8 Å². The van der Waals surface area contributed by atoms with Crippen molar-refractivity contribution in [3.8, 4) is 0 Å². The second-order valence-electron chi connectivity index (χ2n) is 3.86. The summed E-state index contributed by atoms with van der Waals surface area (Å²) in [4.78, 5) is 39.7. The number of hydrogen-bond donors (Lipinski definition) is 3. The van der Waals surface area contributed by atoms with E-state index < -0.39 is 12.1 Å². The molecule has 90 valence electrons. The number of nitrogens with one attached hydrogen (secondary N) is 3. The van der Waals surface area contributed by atoms with Gasteiger partial charge in [-0.3, -0.25) is 9.59 Å². The molecule has 3 N–H and O–H groups in total. The molecule has 2 atom stereocenters. The lowest BCUT2D eigenvalue weighted by atomic mass is 10.0. The molecule has 0 saturated carbocycles. The van der Waals surface area contributed by atoms with Crippen molar-refractivity contribution in [1.82, 2.24) is 20.6 Å². The lowest BCUT2D eigenvalue weighted by Gasteiger charge is -2.26. The number of aromatic amines is 1. The number of β-lactam (4-membered cyclic amide) rings is 1. The van der Waals surface area contributed by atoms with Crippen LogP contribution in [0.3, 0.4) is 0 Å². The predicted octanol–water partition coefficient (Wildman–Crippen LogP) is -1.48. The van der Waals surface area contributed by atoms with Gasteiger partial charge in [-0.05, 0) is 0 Å². The number of rotatable bonds is 5. The van der Waals surface area contributed by atoms with Crippen LogP contribution in [0.4, 0.5) is 0 Å². The molecule has 0 aromatic carbocycles. The van der Waals surface area contributed by atoms with Crippen LogP contribution in [0, 0.1) is 0 Å². The summed E-state index contributed by atoms with van der Waals surface area (Å²) < 4.78 is 0. The monoisotopic (exact) mass is 236 g/mol. The second-order valence-corrected chi connectivity index (χ2v) is 3.86. The third kappa shape index (κ3) is 2.68. The van der Waals surface area contributed by atoms with Crippen LogP contribution in [0.2, 0.25) is 0 Å². The van der Waals surface area contributed by atoms with E-state index in [0.29, 0.717) is 12.7 Å². The van der Waals surface area contributed by atoms with Crippen LogP contribution in [-0.2, 0) is 20.8 Å². The van der Waals surface area contributed by atoms with E-state index in [1.807, 2.05) is 0 Å². The number of aldehydes is 1. The number of amides is 2. The zero-order valence-corrected chi connectivity index (χ0v) is 8.97. The Morgan fingerprint density at radius 3 is 3.00 bits per heavy atom. The third-order valence-electron chi connectivity index (χ3n) is 2.53. The van der Waals surface area contributed by atoms with Crippen molar-refractivity contribution in [1.29, 1.82) is 0 Å². The molecule has 0 radical (unpaired) electrons. The van der Waals surface area contributed by atoms with E-state index in [0.717, 1.165) is 5.69 Å². The Morgan fingerprint density at radius 1 is 1.71 bits per heavy atom. The number of H-pyrrole nitrogens is 1. The summed E-state index contributed by atoms with van der Waals surface area (Å²) in [7, 11) is 0. The number of carbonyl (C=O) groups excluding carboxylic acids is 3. The summed E-state index contributed by atoms with van der Waals surface area (Å²) in [5.41, 5.74) is 0.764. The molecule has 1 aliphatic rings. The van der Waals surface area contributed by atoms with E-state index in [2.05, 4.69) is 20.6 Å². The topological polar surface area (TPSA) is 104 Å². The van der Waals surface area contributed by atoms with Crippen molar-refractivity contribution < 1.29 is 14.4 Å². The van der Waals surface area contributed by atoms with Crippen LogP contribution >= 0.6 is 0 Å². The molecule has 7 nitrogen and oxygen atoms in total. The van der Waals surface area contributed by atoms with Gasteiger partial charge in [-0.1, -0.05) is 0 Å². The molecule has 1 fully saturated rings. The highest BCUT2D eigenvalue weighted by Crippen LogP contribution is 2.05. The smallest absolute Gasteiger partial charge is 0.243 e. The number of hydrogen-bond acceptors (Lipinski definition) is 4. The minimum Gasteiger partial charge on any atom is -0.348 e. The Kier molecular flexibility index (Phi) is 3.17. The van der Waals surface area contributed by atoms with E-state index in [1.54, 1.807) is 6.20 Å². The summed E-state index contributed by atoms with van der Waals surface area (Å²) in [6, 6.07) is -1.12. The van der Waals surface area contributed by atoms with Gasteiger partial charge in [0, 0.05) is 18.3 Å². The number of nitrogens with zero attached hydrogens (tertiary/aromatic N) is 1. The molecule has 0 spiro atoms. The molecule has 7 heteroatoms. The van der Waals surface area contributed by atoms with Gasteiger partial charge < -0.3 is 20.4 Å². The Hall–Kier alpha value is -2.18. The lowest BCUT2D eigenvalue weighted by molar-refractivity contribution is -0.137. The van der Waals surface area contributed by atoms with Crippen molar-refractivity contribution >= 4 is 18.1 Å². The molecule has 17 heavy (non-hydrogen) atoms. The van der Waals surface area contributed by atoms with Crippen molar-refractivity contribution in [2.24, 2.45) is 0 Å². The number of imidazole rings is 1. The fraction of sp³-hybridized carbons (Fsp3) is 0.400.